The van der Waals surface area contributed by atoms with Gasteiger partial charge in [-0.2, -0.15) is 0 Å². The van der Waals surface area contributed by atoms with Crippen molar-refractivity contribution in [2.24, 2.45) is 0 Å². The minimum absolute atomic E-state index is 0. The van der Waals surface area contributed by atoms with Crippen molar-refractivity contribution in [1.82, 2.24) is 0 Å². The second-order valence-electron chi connectivity index (χ2n) is 6.47. The normalized spacial score (nSPS) is 9.08. The molecule has 0 heterocycles. The SMILES string of the molecule is O=C(O)c1ccccc1C(=O)O.O=C(O)c1ccccc1C(=O)O.O=C(O)c1ccccc1C(=O)O.[PbH2]. The third-order valence-electron chi connectivity index (χ3n) is 4.16. The van der Waals surface area contributed by atoms with Crippen LogP contribution in [0.25, 0.3) is 0 Å². The minimum atomic E-state index is -1.23. The molecule has 3 rings (SSSR count). The number of hydrogen-bond acceptors (Lipinski definition) is 6. The summed E-state index contributed by atoms with van der Waals surface area (Å²) in [5.41, 5.74) is -1.14. The molecule has 192 valence electrons. The van der Waals surface area contributed by atoms with Gasteiger partial charge in [0.25, 0.3) is 0 Å². The first-order chi connectivity index (χ1) is 16.9. The Hall–Kier alpha value is -4.60. The van der Waals surface area contributed by atoms with Crippen LogP contribution in [0.15, 0.2) is 72.8 Å². The molecule has 0 aliphatic carbocycles. The molecule has 0 amide bonds. The molecular formula is C24H20O12Pb. The molecule has 3 aromatic rings. The molecule has 0 aromatic heterocycles. The van der Waals surface area contributed by atoms with E-state index >= 15 is 0 Å². The summed E-state index contributed by atoms with van der Waals surface area (Å²) >= 11 is 0. The van der Waals surface area contributed by atoms with Crippen LogP contribution in [-0.2, 0) is 0 Å². The summed E-state index contributed by atoms with van der Waals surface area (Å²) in [5, 5.41) is 51.3. The van der Waals surface area contributed by atoms with Crippen molar-refractivity contribution in [2.45, 2.75) is 0 Å². The Morgan fingerprint density at radius 3 is 0.514 bits per heavy atom. The van der Waals surface area contributed by atoms with Crippen LogP contribution in [0, 0.1) is 0 Å². The van der Waals surface area contributed by atoms with Crippen LogP contribution in [0.2, 0.25) is 0 Å². The average molecular weight is 708 g/mol. The van der Waals surface area contributed by atoms with Crippen LogP contribution in [-0.4, -0.2) is 93.8 Å². The summed E-state index contributed by atoms with van der Waals surface area (Å²) in [5.74, 6) is -7.37. The zero-order valence-electron chi connectivity index (χ0n) is 18.8. The molecule has 0 aliphatic rings. The Kier molecular flexibility index (Phi) is 13.5. The first-order valence-electron chi connectivity index (χ1n) is 9.55. The summed E-state index contributed by atoms with van der Waals surface area (Å²) in [7, 11) is 0. The summed E-state index contributed by atoms with van der Waals surface area (Å²) in [6.45, 7) is 0. The second kappa shape index (κ2) is 15.4. The fourth-order valence-electron chi connectivity index (χ4n) is 2.57. The van der Waals surface area contributed by atoms with Crippen molar-refractivity contribution < 1.29 is 59.4 Å². The quantitative estimate of drug-likeness (QED) is 0.203. The summed E-state index contributed by atoms with van der Waals surface area (Å²) in [6, 6.07) is 16.4. The van der Waals surface area contributed by atoms with Gasteiger partial charge in [-0.25, -0.2) is 28.8 Å². The van der Waals surface area contributed by atoms with Crippen molar-refractivity contribution in [2.75, 3.05) is 0 Å². The molecule has 0 saturated heterocycles. The molecule has 3 aromatic carbocycles. The Labute approximate surface area is 228 Å². The second-order valence-corrected chi connectivity index (χ2v) is 6.47. The van der Waals surface area contributed by atoms with Crippen LogP contribution in [0.3, 0.4) is 0 Å². The van der Waals surface area contributed by atoms with Crippen LogP contribution >= 0.6 is 0 Å². The molecule has 37 heavy (non-hydrogen) atoms. The summed E-state index contributed by atoms with van der Waals surface area (Å²) in [4.78, 5) is 62.8. The van der Waals surface area contributed by atoms with Crippen molar-refractivity contribution in [3.63, 3.8) is 0 Å². The van der Waals surface area contributed by atoms with Crippen molar-refractivity contribution in [3.8, 4) is 0 Å². The van der Waals surface area contributed by atoms with Gasteiger partial charge in [-0.05, 0) is 36.4 Å². The monoisotopic (exact) mass is 708 g/mol. The number of aromatic carboxylic acids is 6. The third kappa shape index (κ3) is 9.89. The van der Waals surface area contributed by atoms with Crippen LogP contribution in [0.4, 0.5) is 0 Å². The average Bonchev–Trinajstić information content (AvgIpc) is 2.84. The van der Waals surface area contributed by atoms with Crippen LogP contribution in [0.5, 0.6) is 0 Å². The molecule has 0 spiro atoms. The Morgan fingerprint density at radius 2 is 0.432 bits per heavy atom. The van der Waals surface area contributed by atoms with Gasteiger partial charge in [0.1, 0.15) is 0 Å². The van der Waals surface area contributed by atoms with E-state index in [4.69, 9.17) is 30.6 Å². The van der Waals surface area contributed by atoms with Crippen molar-refractivity contribution >= 4 is 63.1 Å². The summed E-state index contributed by atoms with van der Waals surface area (Å²) in [6.07, 6.45) is 0. The molecule has 0 saturated carbocycles. The summed E-state index contributed by atoms with van der Waals surface area (Å²) < 4.78 is 0. The van der Waals surface area contributed by atoms with E-state index in [1.54, 1.807) is 0 Å². The van der Waals surface area contributed by atoms with Gasteiger partial charge < -0.3 is 30.6 Å². The number of carbonyl (C=O) groups is 6. The number of rotatable bonds is 6. The first-order valence-corrected chi connectivity index (χ1v) is 9.55. The molecular weight excluding hydrogens is 687 g/mol. The molecule has 0 atom stereocenters. The van der Waals surface area contributed by atoms with E-state index in [1.807, 2.05) is 0 Å². The van der Waals surface area contributed by atoms with Gasteiger partial charge in [-0.1, -0.05) is 36.4 Å². The molecule has 0 unspecified atom stereocenters. The van der Waals surface area contributed by atoms with Crippen molar-refractivity contribution in [1.29, 1.82) is 0 Å². The molecule has 12 nitrogen and oxygen atoms in total. The molecule has 0 bridgehead atoms. The van der Waals surface area contributed by atoms with Gasteiger partial charge in [0.15, 0.2) is 0 Å². The van der Waals surface area contributed by atoms with Crippen LogP contribution < -0.4 is 0 Å². The predicted octanol–water partition coefficient (Wildman–Crippen LogP) is 2.33. The van der Waals surface area contributed by atoms with E-state index in [0.29, 0.717) is 0 Å². The standard InChI is InChI=1S/3C8H6O4.Pb.2H/c3*9-7(10)5-3-1-2-4-6(5)8(11)12;;;/h3*1-4H,(H,9,10)(H,11,12);;;. The molecule has 2 radical (unpaired) electrons. The zero-order valence-corrected chi connectivity index (χ0v) is 24.3. The van der Waals surface area contributed by atoms with E-state index in [-0.39, 0.29) is 60.7 Å². The maximum absolute atomic E-state index is 10.5. The van der Waals surface area contributed by atoms with E-state index in [9.17, 15) is 28.8 Å². The number of hydrogen-bond donors (Lipinski definition) is 6. The van der Waals surface area contributed by atoms with Gasteiger partial charge in [-0.3, -0.25) is 0 Å². The Bertz CT molecular complexity index is 1060. The number of carboxylic acids is 6. The number of carboxylic acid groups (broad SMARTS) is 6. The van der Waals surface area contributed by atoms with Gasteiger partial charge in [0.05, 0.1) is 33.4 Å². The molecule has 13 heteroatoms. The predicted molar refractivity (Wildman–Crippen MR) is 130 cm³/mol. The molecule has 6 N–H and O–H groups in total. The molecule has 0 fully saturated rings. The van der Waals surface area contributed by atoms with Gasteiger partial charge in [0, 0.05) is 0 Å². The molecule has 0 aliphatic heterocycles. The van der Waals surface area contributed by atoms with E-state index < -0.39 is 35.8 Å². The topological polar surface area (TPSA) is 224 Å². The maximum atomic E-state index is 10.5. The Morgan fingerprint density at radius 1 is 0.324 bits per heavy atom. The Balaban J connectivity index is 0.000000518. The third-order valence-corrected chi connectivity index (χ3v) is 4.16. The van der Waals surface area contributed by atoms with E-state index in [1.165, 1.54) is 72.8 Å². The van der Waals surface area contributed by atoms with Gasteiger partial charge >= 0.3 is 63.1 Å². The fourth-order valence-corrected chi connectivity index (χ4v) is 2.57. The van der Waals surface area contributed by atoms with E-state index in [2.05, 4.69) is 0 Å². The van der Waals surface area contributed by atoms with Crippen LogP contribution in [0.1, 0.15) is 62.1 Å². The van der Waals surface area contributed by atoms with E-state index in [0.717, 1.165) is 0 Å². The number of benzene rings is 3. The van der Waals surface area contributed by atoms with Crippen molar-refractivity contribution in [3.05, 3.63) is 106 Å². The zero-order chi connectivity index (χ0) is 27.4. The first kappa shape index (κ1) is 32.4. The van der Waals surface area contributed by atoms with Gasteiger partial charge in [-0.15, -0.1) is 0 Å². The fraction of sp³-hybridized carbons (Fsp3) is 0. The van der Waals surface area contributed by atoms with Gasteiger partial charge in [0.2, 0.25) is 0 Å².